The fourth-order valence-corrected chi connectivity index (χ4v) is 3.23. The highest BCUT2D eigenvalue weighted by molar-refractivity contribution is 7.89. The molecule has 0 aliphatic heterocycles. The molecule has 0 bridgehead atoms. The Kier molecular flexibility index (Phi) is 7.08. The van der Waals surface area contributed by atoms with Gasteiger partial charge >= 0.3 is 0 Å². The molecule has 2 amide bonds. The lowest BCUT2D eigenvalue weighted by Gasteiger charge is -2.10. The minimum Gasteiger partial charge on any atom is -0.326 e. The summed E-state index contributed by atoms with van der Waals surface area (Å²) in [6, 6.07) is 12.4. The number of carbonyl (C=O) groups excluding carboxylic acids is 2. The maximum absolute atomic E-state index is 12.4. The third kappa shape index (κ3) is 5.77. The maximum atomic E-state index is 12.4. The fraction of sp³-hybridized carbons (Fsp3) is 0.200. The zero-order valence-electron chi connectivity index (χ0n) is 15.7. The number of hydrogen-bond donors (Lipinski definition) is 3. The molecule has 148 valence electrons. The van der Waals surface area contributed by atoms with Crippen LogP contribution in [0.1, 0.15) is 24.2 Å². The zero-order chi connectivity index (χ0) is 20.7. The minimum atomic E-state index is -3.72. The molecule has 0 fully saturated rings. The van der Waals surface area contributed by atoms with Gasteiger partial charge in [-0.3, -0.25) is 9.59 Å². The normalized spacial score (nSPS) is 11.1. The second-order valence-electron chi connectivity index (χ2n) is 6.34. The average molecular weight is 401 g/mol. The average Bonchev–Trinajstić information content (AvgIpc) is 2.68. The molecule has 2 rings (SSSR count). The van der Waals surface area contributed by atoms with Crippen LogP contribution in [0.15, 0.2) is 66.1 Å². The second-order valence-corrected chi connectivity index (χ2v) is 8.11. The highest BCUT2D eigenvalue weighted by Gasteiger charge is 2.15. The van der Waals surface area contributed by atoms with Gasteiger partial charge in [-0.25, -0.2) is 13.1 Å². The van der Waals surface area contributed by atoms with E-state index in [0.29, 0.717) is 11.4 Å². The van der Waals surface area contributed by atoms with Gasteiger partial charge < -0.3 is 10.6 Å². The third-order valence-electron chi connectivity index (χ3n) is 3.76. The van der Waals surface area contributed by atoms with E-state index in [1.165, 1.54) is 30.3 Å². The van der Waals surface area contributed by atoms with E-state index in [-0.39, 0.29) is 28.8 Å². The number of sulfonamides is 1. The molecular weight excluding hydrogens is 378 g/mol. The smallest absolute Gasteiger partial charge is 0.255 e. The van der Waals surface area contributed by atoms with Gasteiger partial charge in [0.05, 0.1) is 4.90 Å². The number of rotatable bonds is 8. The Hall–Kier alpha value is -2.97. The van der Waals surface area contributed by atoms with Crippen LogP contribution in [0.2, 0.25) is 0 Å². The number of benzene rings is 2. The van der Waals surface area contributed by atoms with E-state index in [4.69, 9.17) is 0 Å². The number of carbonyl (C=O) groups is 2. The van der Waals surface area contributed by atoms with E-state index in [2.05, 4.69) is 21.9 Å². The summed E-state index contributed by atoms with van der Waals surface area (Å²) in [4.78, 5) is 24.1. The molecule has 0 saturated heterocycles. The minimum absolute atomic E-state index is 0.00579. The highest BCUT2D eigenvalue weighted by atomic mass is 32.2. The van der Waals surface area contributed by atoms with Crippen molar-refractivity contribution in [2.24, 2.45) is 5.92 Å². The van der Waals surface area contributed by atoms with Crippen LogP contribution in [0.25, 0.3) is 0 Å². The first-order valence-corrected chi connectivity index (χ1v) is 10.1. The molecule has 0 atom stereocenters. The van der Waals surface area contributed by atoms with Crippen LogP contribution >= 0.6 is 0 Å². The van der Waals surface area contributed by atoms with Crippen molar-refractivity contribution in [1.29, 1.82) is 0 Å². The summed E-state index contributed by atoms with van der Waals surface area (Å²) in [7, 11) is -3.72. The Labute approximate surface area is 164 Å². The lowest BCUT2D eigenvalue weighted by Crippen LogP contribution is -2.24. The van der Waals surface area contributed by atoms with E-state index >= 15 is 0 Å². The van der Waals surface area contributed by atoms with Crippen LogP contribution in [-0.2, 0) is 14.8 Å². The standard InChI is InChI=1S/C20H23N3O4S/c1-4-12-21-28(26,27)18-7-5-6-15(13-18)20(25)23-17-10-8-16(9-11-17)22-19(24)14(2)3/h4-11,13-14,21H,1,12H2,2-3H3,(H,22,24)(H,23,25). The van der Waals surface area contributed by atoms with Crippen molar-refractivity contribution in [2.45, 2.75) is 18.7 Å². The summed E-state index contributed by atoms with van der Waals surface area (Å²) in [6.07, 6.45) is 1.43. The Morgan fingerprint density at radius 1 is 1.04 bits per heavy atom. The zero-order valence-corrected chi connectivity index (χ0v) is 16.5. The number of amides is 2. The van der Waals surface area contributed by atoms with Crippen molar-refractivity contribution in [3.05, 3.63) is 66.7 Å². The molecule has 0 unspecified atom stereocenters. The van der Waals surface area contributed by atoms with Crippen molar-refractivity contribution >= 4 is 33.2 Å². The topological polar surface area (TPSA) is 104 Å². The van der Waals surface area contributed by atoms with Crippen molar-refractivity contribution in [3.8, 4) is 0 Å². The number of hydrogen-bond acceptors (Lipinski definition) is 4. The van der Waals surface area contributed by atoms with Crippen LogP contribution in [0.5, 0.6) is 0 Å². The maximum Gasteiger partial charge on any atom is 0.255 e. The number of anilines is 2. The molecule has 0 radical (unpaired) electrons. The van der Waals surface area contributed by atoms with Gasteiger partial charge in [0.2, 0.25) is 15.9 Å². The Balaban J connectivity index is 2.10. The summed E-state index contributed by atoms with van der Waals surface area (Å²) in [5.41, 5.74) is 1.35. The lowest BCUT2D eigenvalue weighted by atomic mass is 10.2. The Morgan fingerprint density at radius 3 is 2.21 bits per heavy atom. The summed E-state index contributed by atoms with van der Waals surface area (Å²) in [6.45, 7) is 7.16. The van der Waals surface area contributed by atoms with Crippen molar-refractivity contribution in [3.63, 3.8) is 0 Å². The molecule has 8 heteroatoms. The third-order valence-corrected chi connectivity index (χ3v) is 5.18. The largest absolute Gasteiger partial charge is 0.326 e. The van der Waals surface area contributed by atoms with Gasteiger partial charge in [0.15, 0.2) is 0 Å². The van der Waals surface area contributed by atoms with Gasteiger partial charge in [-0.2, -0.15) is 0 Å². The molecule has 3 N–H and O–H groups in total. The molecule has 2 aromatic carbocycles. The van der Waals surface area contributed by atoms with Crippen LogP contribution < -0.4 is 15.4 Å². The molecule has 0 aromatic heterocycles. The lowest BCUT2D eigenvalue weighted by molar-refractivity contribution is -0.118. The van der Waals surface area contributed by atoms with Crippen LogP contribution in [0, 0.1) is 5.92 Å². The van der Waals surface area contributed by atoms with Crippen LogP contribution in [0.3, 0.4) is 0 Å². The van der Waals surface area contributed by atoms with Gasteiger partial charge in [-0.1, -0.05) is 26.0 Å². The van der Waals surface area contributed by atoms with E-state index in [1.54, 1.807) is 38.1 Å². The Bertz CT molecular complexity index is 967. The molecule has 0 aliphatic rings. The first kappa shape index (κ1) is 21.3. The summed E-state index contributed by atoms with van der Waals surface area (Å²) < 4.78 is 26.7. The van der Waals surface area contributed by atoms with Crippen LogP contribution in [0.4, 0.5) is 11.4 Å². The summed E-state index contributed by atoms with van der Waals surface area (Å²) in [5.74, 6) is -0.677. The van der Waals surface area contributed by atoms with Gasteiger partial charge in [0.1, 0.15) is 0 Å². The van der Waals surface area contributed by atoms with Crippen LogP contribution in [-0.4, -0.2) is 26.8 Å². The van der Waals surface area contributed by atoms with E-state index in [1.807, 2.05) is 0 Å². The van der Waals surface area contributed by atoms with Crippen molar-refractivity contribution < 1.29 is 18.0 Å². The first-order chi connectivity index (χ1) is 13.2. The number of nitrogens with one attached hydrogen (secondary N) is 3. The second kappa shape index (κ2) is 9.29. The highest BCUT2D eigenvalue weighted by Crippen LogP contribution is 2.17. The SMILES string of the molecule is C=CCNS(=O)(=O)c1cccc(C(=O)Nc2ccc(NC(=O)C(C)C)cc2)c1. The first-order valence-electron chi connectivity index (χ1n) is 8.66. The predicted octanol–water partition coefficient (Wildman–Crippen LogP) is 3.00. The van der Waals surface area contributed by atoms with E-state index < -0.39 is 15.9 Å². The summed E-state index contributed by atoms with van der Waals surface area (Å²) in [5, 5.41) is 5.46. The molecule has 2 aromatic rings. The van der Waals surface area contributed by atoms with Gasteiger partial charge in [-0.05, 0) is 42.5 Å². The molecular formula is C20H23N3O4S. The Morgan fingerprint density at radius 2 is 1.64 bits per heavy atom. The van der Waals surface area contributed by atoms with Crippen molar-refractivity contribution in [1.82, 2.24) is 4.72 Å². The molecule has 0 aliphatic carbocycles. The molecule has 7 nitrogen and oxygen atoms in total. The molecule has 28 heavy (non-hydrogen) atoms. The van der Waals surface area contributed by atoms with Gasteiger partial charge in [0.25, 0.3) is 5.91 Å². The molecule has 0 heterocycles. The van der Waals surface area contributed by atoms with Gasteiger partial charge in [-0.15, -0.1) is 6.58 Å². The summed E-state index contributed by atoms with van der Waals surface area (Å²) >= 11 is 0. The van der Waals surface area contributed by atoms with Gasteiger partial charge in [0, 0.05) is 29.4 Å². The molecule has 0 saturated carbocycles. The predicted molar refractivity (Wildman–Crippen MR) is 110 cm³/mol. The molecule has 0 spiro atoms. The van der Waals surface area contributed by atoms with E-state index in [0.717, 1.165) is 0 Å². The van der Waals surface area contributed by atoms with Crippen molar-refractivity contribution in [2.75, 3.05) is 17.2 Å². The quantitative estimate of drug-likeness (QED) is 0.592. The van der Waals surface area contributed by atoms with E-state index in [9.17, 15) is 18.0 Å². The monoisotopic (exact) mass is 401 g/mol. The fourth-order valence-electron chi connectivity index (χ4n) is 2.18.